The molecule has 0 aliphatic heterocycles. The average molecular weight is 647 g/mol. The van der Waals surface area contributed by atoms with Gasteiger partial charge >= 0.3 is 12.4 Å². The maximum Gasteiger partial charge on any atom is 0.416 e. The first-order valence-electron chi connectivity index (χ1n) is 12.8. The number of halogens is 6. The van der Waals surface area contributed by atoms with Crippen molar-refractivity contribution in [1.82, 2.24) is 0 Å². The van der Waals surface area contributed by atoms with E-state index in [4.69, 9.17) is 13.1 Å². The Morgan fingerprint density at radius 2 is 1.36 bits per heavy atom. The van der Waals surface area contributed by atoms with Gasteiger partial charge in [0.2, 0.25) is 0 Å². The Morgan fingerprint density at radius 3 is 1.86 bits per heavy atom. The van der Waals surface area contributed by atoms with Crippen molar-refractivity contribution in [2.24, 2.45) is 11.8 Å². The van der Waals surface area contributed by atoms with E-state index in [0.29, 0.717) is 17.7 Å². The van der Waals surface area contributed by atoms with E-state index in [0.717, 1.165) is 18.1 Å². The fraction of sp³-hybridized carbons (Fsp3) is 0.556. The SMILES string of the molecule is Cc1ccccc1[C@H]1C(COS(C)(=O)=O)[C@@H](COS(C)(=O)=O)CC[C@@H]1O[C@H](C)c1cc(C(F)(F)F)cc(C(F)(F)F)c1. The molecular weight excluding hydrogens is 614 g/mol. The fourth-order valence-corrected chi connectivity index (χ4v) is 6.13. The lowest BCUT2D eigenvalue weighted by molar-refractivity contribution is -0.143. The van der Waals surface area contributed by atoms with Crippen molar-refractivity contribution in [2.75, 3.05) is 25.7 Å². The molecule has 1 aliphatic carbocycles. The van der Waals surface area contributed by atoms with Gasteiger partial charge in [-0.2, -0.15) is 43.2 Å². The van der Waals surface area contributed by atoms with Crippen LogP contribution in [0.2, 0.25) is 0 Å². The van der Waals surface area contributed by atoms with Gasteiger partial charge in [0.25, 0.3) is 20.2 Å². The molecule has 1 saturated carbocycles. The fourth-order valence-electron chi connectivity index (χ4n) is 5.30. The van der Waals surface area contributed by atoms with Crippen molar-refractivity contribution in [3.63, 3.8) is 0 Å². The predicted octanol–water partition coefficient (Wildman–Crippen LogP) is 6.24. The molecule has 0 aromatic heterocycles. The van der Waals surface area contributed by atoms with Gasteiger partial charge in [0.1, 0.15) is 0 Å². The molecule has 3 rings (SSSR count). The zero-order valence-corrected chi connectivity index (χ0v) is 24.8. The second kappa shape index (κ2) is 12.8. The number of rotatable bonds is 10. The maximum atomic E-state index is 13.5. The van der Waals surface area contributed by atoms with E-state index in [2.05, 4.69) is 0 Å². The van der Waals surface area contributed by atoms with Gasteiger partial charge in [-0.25, -0.2) is 0 Å². The molecule has 0 amide bonds. The van der Waals surface area contributed by atoms with Crippen molar-refractivity contribution in [3.8, 4) is 0 Å². The first kappa shape index (κ1) is 34.3. The summed E-state index contributed by atoms with van der Waals surface area (Å²) in [5.74, 6) is -1.92. The van der Waals surface area contributed by atoms with Crippen LogP contribution in [0.5, 0.6) is 0 Å². The van der Waals surface area contributed by atoms with Gasteiger partial charge in [0.15, 0.2) is 0 Å². The van der Waals surface area contributed by atoms with E-state index in [9.17, 15) is 43.2 Å². The van der Waals surface area contributed by atoms with Gasteiger partial charge in [-0.15, -0.1) is 0 Å². The summed E-state index contributed by atoms with van der Waals surface area (Å²) >= 11 is 0. The summed E-state index contributed by atoms with van der Waals surface area (Å²) in [6.07, 6.45) is -9.92. The summed E-state index contributed by atoms with van der Waals surface area (Å²) in [7, 11) is -7.80. The highest BCUT2D eigenvalue weighted by atomic mass is 32.2. The second-order valence-corrected chi connectivity index (χ2v) is 13.8. The summed E-state index contributed by atoms with van der Waals surface area (Å²) in [6, 6.07) is 8.27. The minimum Gasteiger partial charge on any atom is -0.370 e. The van der Waals surface area contributed by atoms with E-state index in [-0.39, 0.29) is 37.7 Å². The predicted molar refractivity (Wildman–Crippen MR) is 141 cm³/mol. The average Bonchev–Trinajstić information content (AvgIpc) is 2.85. The smallest absolute Gasteiger partial charge is 0.370 e. The van der Waals surface area contributed by atoms with Crippen molar-refractivity contribution in [2.45, 2.75) is 57.2 Å². The van der Waals surface area contributed by atoms with E-state index in [1.54, 1.807) is 31.2 Å². The molecule has 236 valence electrons. The molecule has 5 atom stereocenters. The van der Waals surface area contributed by atoms with Crippen molar-refractivity contribution < 1.29 is 56.3 Å². The number of alkyl halides is 6. The van der Waals surface area contributed by atoms with Gasteiger partial charge in [0.05, 0.1) is 49.1 Å². The number of aryl methyl sites for hydroxylation is 1. The van der Waals surface area contributed by atoms with Crippen LogP contribution in [0, 0.1) is 18.8 Å². The quantitative estimate of drug-likeness (QED) is 0.223. The lowest BCUT2D eigenvalue weighted by atomic mass is 9.67. The third-order valence-electron chi connectivity index (χ3n) is 7.27. The Balaban J connectivity index is 2.06. The highest BCUT2D eigenvalue weighted by molar-refractivity contribution is 7.86. The number of hydrogen-bond acceptors (Lipinski definition) is 7. The highest BCUT2D eigenvalue weighted by Gasteiger charge is 2.44. The van der Waals surface area contributed by atoms with Gasteiger partial charge < -0.3 is 4.74 Å². The molecule has 0 N–H and O–H groups in total. The Hall–Kier alpha value is -2.20. The van der Waals surface area contributed by atoms with E-state index in [1.807, 2.05) is 0 Å². The van der Waals surface area contributed by atoms with Crippen LogP contribution in [0.25, 0.3) is 0 Å². The maximum absolute atomic E-state index is 13.5. The monoisotopic (exact) mass is 646 g/mol. The number of benzene rings is 2. The Kier molecular flexibility index (Phi) is 10.5. The molecule has 0 spiro atoms. The molecular formula is C27H32F6O7S2. The van der Waals surface area contributed by atoms with E-state index >= 15 is 0 Å². The third-order valence-corrected chi connectivity index (χ3v) is 8.39. The zero-order valence-electron chi connectivity index (χ0n) is 23.2. The Labute approximate surface area is 241 Å². The molecule has 2 aromatic carbocycles. The highest BCUT2D eigenvalue weighted by Crippen LogP contribution is 2.46. The van der Waals surface area contributed by atoms with Crippen LogP contribution in [0.4, 0.5) is 26.3 Å². The molecule has 1 fully saturated rings. The molecule has 2 aromatic rings. The molecule has 1 aliphatic rings. The lowest BCUT2D eigenvalue weighted by Crippen LogP contribution is -2.43. The number of hydrogen-bond donors (Lipinski definition) is 0. The van der Waals surface area contributed by atoms with Crippen molar-refractivity contribution in [1.29, 1.82) is 0 Å². The van der Waals surface area contributed by atoms with Crippen LogP contribution >= 0.6 is 0 Å². The summed E-state index contributed by atoms with van der Waals surface area (Å²) in [5, 5.41) is 0. The second-order valence-electron chi connectivity index (χ2n) is 10.5. The lowest BCUT2D eigenvalue weighted by Gasteiger charge is -2.44. The van der Waals surface area contributed by atoms with Crippen LogP contribution in [-0.2, 0) is 45.7 Å². The molecule has 0 radical (unpaired) electrons. The molecule has 15 heteroatoms. The van der Waals surface area contributed by atoms with E-state index in [1.165, 1.54) is 6.92 Å². The molecule has 0 heterocycles. The molecule has 42 heavy (non-hydrogen) atoms. The summed E-state index contributed by atoms with van der Waals surface area (Å²) < 4.78 is 145. The van der Waals surface area contributed by atoms with Crippen LogP contribution < -0.4 is 0 Å². The summed E-state index contributed by atoms with van der Waals surface area (Å²) in [4.78, 5) is 0. The largest absolute Gasteiger partial charge is 0.416 e. The molecule has 0 saturated heterocycles. The van der Waals surface area contributed by atoms with E-state index < -0.39 is 73.7 Å². The van der Waals surface area contributed by atoms with Crippen LogP contribution in [0.1, 0.15) is 59.6 Å². The van der Waals surface area contributed by atoms with Gasteiger partial charge in [-0.1, -0.05) is 24.3 Å². The molecule has 1 unspecified atom stereocenters. The summed E-state index contributed by atoms with van der Waals surface area (Å²) in [6.45, 7) is 2.45. The molecule has 7 nitrogen and oxygen atoms in total. The Bertz CT molecular complexity index is 1420. The Morgan fingerprint density at radius 1 is 0.833 bits per heavy atom. The summed E-state index contributed by atoms with van der Waals surface area (Å²) in [5.41, 5.74) is -1.84. The topological polar surface area (TPSA) is 96.0 Å². The first-order valence-corrected chi connectivity index (χ1v) is 16.5. The van der Waals surface area contributed by atoms with Gasteiger partial charge in [0, 0.05) is 5.92 Å². The van der Waals surface area contributed by atoms with Crippen molar-refractivity contribution >= 4 is 20.2 Å². The van der Waals surface area contributed by atoms with Crippen LogP contribution in [0.3, 0.4) is 0 Å². The first-order chi connectivity index (χ1) is 19.2. The number of ether oxygens (including phenoxy) is 1. The van der Waals surface area contributed by atoms with Gasteiger partial charge in [-0.05, 0) is 73.4 Å². The minimum absolute atomic E-state index is 0.0396. The normalized spacial score (nSPS) is 23.1. The minimum atomic E-state index is -5.04. The van der Waals surface area contributed by atoms with Gasteiger partial charge in [-0.3, -0.25) is 8.37 Å². The van der Waals surface area contributed by atoms with Crippen molar-refractivity contribution in [3.05, 3.63) is 70.3 Å². The molecule has 0 bridgehead atoms. The van der Waals surface area contributed by atoms with Crippen LogP contribution in [-0.4, -0.2) is 48.7 Å². The third kappa shape index (κ3) is 9.40. The standard InChI is InChI=1S/C27H32F6O7S2/c1-16-7-5-6-8-22(16)25-23(15-39-42(4,36)37)18(14-38-41(3,34)35)9-10-24(25)40-17(2)19-11-20(26(28,29)30)13-21(12-19)27(31,32)33/h5-8,11-13,17-18,23-25H,9-10,14-15H2,1-4H3/t17-,18-,23?,24+,25+/m1/s1. The zero-order chi connectivity index (χ0) is 31.7. The van der Waals surface area contributed by atoms with Crippen LogP contribution in [0.15, 0.2) is 42.5 Å².